The standard InChI is InChI=1S/C21H17NO2/c1-16-7-11-18(12-8-16)21(24)22(19-5-3-2-4-6-19)20-13-9-17(15-23)10-14-20/h2-15H,1H3. The first-order valence-corrected chi connectivity index (χ1v) is 7.70. The van der Waals surface area contributed by atoms with Crippen molar-refractivity contribution in [2.75, 3.05) is 4.90 Å². The molecule has 0 aliphatic carbocycles. The minimum Gasteiger partial charge on any atom is -0.298 e. The Bertz CT molecular complexity index is 837. The van der Waals surface area contributed by atoms with E-state index in [1.807, 2.05) is 61.5 Å². The second-order valence-electron chi connectivity index (χ2n) is 5.55. The number of carbonyl (C=O) groups is 2. The van der Waals surface area contributed by atoms with Gasteiger partial charge in [-0.3, -0.25) is 14.5 Å². The SMILES string of the molecule is Cc1ccc(C(=O)N(c2ccccc2)c2ccc(C=O)cc2)cc1. The molecule has 0 N–H and O–H groups in total. The zero-order valence-corrected chi connectivity index (χ0v) is 13.3. The van der Waals surface area contributed by atoms with E-state index in [0.717, 1.165) is 23.2 Å². The van der Waals surface area contributed by atoms with Gasteiger partial charge in [-0.2, -0.15) is 0 Å². The van der Waals surface area contributed by atoms with E-state index in [9.17, 15) is 9.59 Å². The molecular formula is C21H17NO2. The lowest BCUT2D eigenvalue weighted by molar-refractivity contribution is 0.0999. The molecule has 3 nitrogen and oxygen atoms in total. The molecular weight excluding hydrogens is 298 g/mol. The molecule has 0 unspecified atom stereocenters. The van der Waals surface area contributed by atoms with Gasteiger partial charge in [0.15, 0.2) is 0 Å². The number of aldehydes is 1. The lowest BCUT2D eigenvalue weighted by Gasteiger charge is -2.23. The maximum Gasteiger partial charge on any atom is 0.262 e. The summed E-state index contributed by atoms with van der Waals surface area (Å²) < 4.78 is 0. The number of hydrogen-bond donors (Lipinski definition) is 0. The Balaban J connectivity index is 2.06. The van der Waals surface area contributed by atoms with E-state index in [2.05, 4.69) is 0 Å². The Morgan fingerprint density at radius 3 is 1.96 bits per heavy atom. The van der Waals surface area contributed by atoms with Crippen LogP contribution in [0.4, 0.5) is 11.4 Å². The number of amides is 1. The van der Waals surface area contributed by atoms with E-state index in [0.29, 0.717) is 11.1 Å². The Labute approximate surface area is 141 Å². The molecule has 0 heterocycles. The van der Waals surface area contributed by atoms with Crippen LogP contribution in [0.25, 0.3) is 0 Å². The molecule has 3 rings (SSSR count). The fraction of sp³-hybridized carbons (Fsp3) is 0.0476. The highest BCUT2D eigenvalue weighted by molar-refractivity contribution is 6.11. The molecule has 0 radical (unpaired) electrons. The highest BCUT2D eigenvalue weighted by atomic mass is 16.2. The molecule has 0 saturated carbocycles. The van der Waals surface area contributed by atoms with Crippen LogP contribution < -0.4 is 4.90 Å². The minimum atomic E-state index is -0.111. The number of benzene rings is 3. The number of nitrogens with zero attached hydrogens (tertiary/aromatic N) is 1. The largest absolute Gasteiger partial charge is 0.298 e. The first-order valence-electron chi connectivity index (χ1n) is 7.70. The zero-order chi connectivity index (χ0) is 16.9. The maximum absolute atomic E-state index is 13.1. The average Bonchev–Trinajstić information content (AvgIpc) is 2.64. The van der Waals surface area contributed by atoms with Crippen molar-refractivity contribution in [1.29, 1.82) is 0 Å². The van der Waals surface area contributed by atoms with Gasteiger partial charge in [-0.25, -0.2) is 0 Å². The van der Waals surface area contributed by atoms with E-state index in [4.69, 9.17) is 0 Å². The van der Waals surface area contributed by atoms with Gasteiger partial charge in [-0.05, 0) is 55.5 Å². The van der Waals surface area contributed by atoms with Crippen LogP contribution in [0.3, 0.4) is 0 Å². The smallest absolute Gasteiger partial charge is 0.262 e. The number of hydrogen-bond acceptors (Lipinski definition) is 2. The Kier molecular flexibility index (Phi) is 4.52. The Morgan fingerprint density at radius 2 is 1.38 bits per heavy atom. The highest BCUT2D eigenvalue weighted by Crippen LogP contribution is 2.27. The monoisotopic (exact) mass is 315 g/mol. The molecule has 0 fully saturated rings. The number of anilines is 2. The molecule has 3 aromatic rings. The van der Waals surface area contributed by atoms with E-state index in [1.165, 1.54) is 0 Å². The summed E-state index contributed by atoms with van der Waals surface area (Å²) in [7, 11) is 0. The van der Waals surface area contributed by atoms with Gasteiger partial charge in [0, 0.05) is 22.5 Å². The summed E-state index contributed by atoms with van der Waals surface area (Å²) in [4.78, 5) is 25.6. The fourth-order valence-corrected chi connectivity index (χ4v) is 2.49. The van der Waals surface area contributed by atoms with Crippen LogP contribution in [0.5, 0.6) is 0 Å². The van der Waals surface area contributed by atoms with Gasteiger partial charge in [-0.1, -0.05) is 35.9 Å². The van der Waals surface area contributed by atoms with Crippen molar-refractivity contribution in [3.05, 3.63) is 95.6 Å². The van der Waals surface area contributed by atoms with E-state index in [-0.39, 0.29) is 5.91 Å². The van der Waals surface area contributed by atoms with Gasteiger partial charge in [0.1, 0.15) is 6.29 Å². The third kappa shape index (κ3) is 3.25. The van der Waals surface area contributed by atoms with Crippen LogP contribution in [-0.4, -0.2) is 12.2 Å². The molecule has 3 aromatic carbocycles. The molecule has 3 heteroatoms. The molecule has 0 spiro atoms. The topological polar surface area (TPSA) is 37.4 Å². The summed E-state index contributed by atoms with van der Waals surface area (Å²) in [6.45, 7) is 1.99. The third-order valence-corrected chi connectivity index (χ3v) is 3.80. The van der Waals surface area contributed by atoms with Crippen molar-refractivity contribution in [1.82, 2.24) is 0 Å². The quantitative estimate of drug-likeness (QED) is 0.649. The van der Waals surface area contributed by atoms with Crippen LogP contribution >= 0.6 is 0 Å². The zero-order valence-electron chi connectivity index (χ0n) is 13.3. The predicted molar refractivity (Wildman–Crippen MR) is 95.9 cm³/mol. The molecule has 0 aliphatic rings. The second-order valence-corrected chi connectivity index (χ2v) is 5.55. The Morgan fingerprint density at radius 1 is 0.792 bits per heavy atom. The fourth-order valence-electron chi connectivity index (χ4n) is 2.49. The lowest BCUT2D eigenvalue weighted by atomic mass is 10.1. The van der Waals surface area contributed by atoms with Crippen molar-refractivity contribution in [3.63, 3.8) is 0 Å². The van der Waals surface area contributed by atoms with Crippen molar-refractivity contribution < 1.29 is 9.59 Å². The van der Waals surface area contributed by atoms with E-state index >= 15 is 0 Å². The van der Waals surface area contributed by atoms with Gasteiger partial charge in [0.2, 0.25) is 0 Å². The normalized spacial score (nSPS) is 10.2. The predicted octanol–water partition coefficient (Wildman–Crippen LogP) is 4.79. The first kappa shape index (κ1) is 15.7. The first-order chi connectivity index (χ1) is 11.7. The van der Waals surface area contributed by atoms with Crippen LogP contribution in [0.15, 0.2) is 78.9 Å². The molecule has 0 aliphatic heterocycles. The van der Waals surface area contributed by atoms with Gasteiger partial charge >= 0.3 is 0 Å². The van der Waals surface area contributed by atoms with Crippen LogP contribution in [0.1, 0.15) is 26.3 Å². The number of aryl methyl sites for hydroxylation is 1. The molecule has 0 saturated heterocycles. The summed E-state index contributed by atoms with van der Waals surface area (Å²) in [5.41, 5.74) is 3.80. The summed E-state index contributed by atoms with van der Waals surface area (Å²) in [6.07, 6.45) is 0.790. The summed E-state index contributed by atoms with van der Waals surface area (Å²) >= 11 is 0. The van der Waals surface area contributed by atoms with Gasteiger partial charge < -0.3 is 0 Å². The summed E-state index contributed by atoms with van der Waals surface area (Å²) in [5, 5.41) is 0. The molecule has 0 aromatic heterocycles. The van der Waals surface area contributed by atoms with Gasteiger partial charge in [0.05, 0.1) is 0 Å². The molecule has 0 atom stereocenters. The second kappa shape index (κ2) is 6.92. The van der Waals surface area contributed by atoms with Crippen LogP contribution in [-0.2, 0) is 0 Å². The number of carbonyl (C=O) groups excluding carboxylic acids is 2. The van der Waals surface area contributed by atoms with Crippen molar-refractivity contribution >= 4 is 23.6 Å². The lowest BCUT2D eigenvalue weighted by Crippen LogP contribution is -2.25. The summed E-state index contributed by atoms with van der Waals surface area (Å²) in [5.74, 6) is -0.111. The van der Waals surface area contributed by atoms with Crippen molar-refractivity contribution in [2.45, 2.75) is 6.92 Å². The third-order valence-electron chi connectivity index (χ3n) is 3.80. The molecule has 24 heavy (non-hydrogen) atoms. The molecule has 1 amide bonds. The van der Waals surface area contributed by atoms with Gasteiger partial charge in [0.25, 0.3) is 5.91 Å². The minimum absolute atomic E-state index is 0.111. The summed E-state index contributed by atoms with van der Waals surface area (Å²) in [6, 6.07) is 24.0. The number of para-hydroxylation sites is 1. The highest BCUT2D eigenvalue weighted by Gasteiger charge is 2.19. The Hall–Kier alpha value is -3.20. The van der Waals surface area contributed by atoms with Crippen molar-refractivity contribution in [3.8, 4) is 0 Å². The molecule has 0 bridgehead atoms. The molecule has 118 valence electrons. The average molecular weight is 315 g/mol. The van der Waals surface area contributed by atoms with Crippen molar-refractivity contribution in [2.24, 2.45) is 0 Å². The van der Waals surface area contributed by atoms with Gasteiger partial charge in [-0.15, -0.1) is 0 Å². The van der Waals surface area contributed by atoms with Crippen LogP contribution in [0.2, 0.25) is 0 Å². The van der Waals surface area contributed by atoms with Crippen LogP contribution in [0, 0.1) is 6.92 Å². The van der Waals surface area contributed by atoms with E-state index < -0.39 is 0 Å². The number of rotatable bonds is 4. The van der Waals surface area contributed by atoms with E-state index in [1.54, 1.807) is 29.2 Å². The maximum atomic E-state index is 13.1.